The molecule has 2 atom stereocenters. The summed E-state index contributed by atoms with van der Waals surface area (Å²) in [5.74, 6) is -0.162. The summed E-state index contributed by atoms with van der Waals surface area (Å²) in [6, 6.07) is 20.0. The smallest absolute Gasteiger partial charge is 0.314 e. The van der Waals surface area contributed by atoms with Crippen molar-refractivity contribution in [1.29, 1.82) is 0 Å². The Balaban J connectivity index is 1.98. The standard InChI is InChI=1S/C16H14O2/c17-16-15(13-9-5-2-6-10-13)14(11-18-16)12-7-3-1-4-8-12/h1-10,14-15H,11H2. The molecule has 18 heavy (non-hydrogen) atoms. The maximum absolute atomic E-state index is 11.9. The highest BCUT2D eigenvalue weighted by atomic mass is 16.5. The van der Waals surface area contributed by atoms with Gasteiger partial charge in [-0.15, -0.1) is 0 Å². The Morgan fingerprint density at radius 1 is 0.833 bits per heavy atom. The molecule has 0 saturated carbocycles. The fourth-order valence-corrected chi connectivity index (χ4v) is 2.54. The van der Waals surface area contributed by atoms with Gasteiger partial charge in [0.25, 0.3) is 0 Å². The summed E-state index contributed by atoms with van der Waals surface area (Å²) in [6.07, 6.45) is 0. The van der Waals surface area contributed by atoms with Crippen molar-refractivity contribution < 1.29 is 9.53 Å². The molecule has 1 aliphatic rings. The van der Waals surface area contributed by atoms with Gasteiger partial charge in [-0.05, 0) is 11.1 Å². The topological polar surface area (TPSA) is 26.3 Å². The molecule has 1 aliphatic heterocycles. The van der Waals surface area contributed by atoms with E-state index in [1.54, 1.807) is 0 Å². The Morgan fingerprint density at radius 2 is 1.39 bits per heavy atom. The Kier molecular flexibility index (Phi) is 2.85. The van der Waals surface area contributed by atoms with E-state index in [9.17, 15) is 4.79 Å². The van der Waals surface area contributed by atoms with Crippen LogP contribution in [-0.4, -0.2) is 12.6 Å². The number of cyclic esters (lactones) is 1. The second-order valence-corrected chi connectivity index (χ2v) is 4.54. The molecule has 1 heterocycles. The number of ether oxygens (including phenoxy) is 1. The molecule has 2 unspecified atom stereocenters. The minimum absolute atomic E-state index is 0.116. The van der Waals surface area contributed by atoms with Crippen molar-refractivity contribution >= 4 is 5.97 Å². The van der Waals surface area contributed by atoms with Crippen molar-refractivity contribution in [2.45, 2.75) is 11.8 Å². The second kappa shape index (κ2) is 4.65. The monoisotopic (exact) mass is 238 g/mol. The molecule has 3 rings (SSSR count). The summed E-state index contributed by atoms with van der Waals surface area (Å²) >= 11 is 0. The molecule has 1 saturated heterocycles. The van der Waals surface area contributed by atoms with Crippen molar-refractivity contribution in [3.63, 3.8) is 0 Å². The lowest BCUT2D eigenvalue weighted by Gasteiger charge is -2.15. The first-order chi connectivity index (χ1) is 8.86. The lowest BCUT2D eigenvalue weighted by molar-refractivity contribution is -0.139. The predicted molar refractivity (Wildman–Crippen MR) is 69.3 cm³/mol. The number of carbonyl (C=O) groups is 1. The van der Waals surface area contributed by atoms with E-state index in [1.807, 2.05) is 48.5 Å². The van der Waals surface area contributed by atoms with Crippen LogP contribution in [0.2, 0.25) is 0 Å². The van der Waals surface area contributed by atoms with Gasteiger partial charge in [0, 0.05) is 5.92 Å². The molecule has 2 aromatic rings. The van der Waals surface area contributed by atoms with Gasteiger partial charge in [0.2, 0.25) is 0 Å². The van der Waals surface area contributed by atoms with Crippen LogP contribution in [0.3, 0.4) is 0 Å². The van der Waals surface area contributed by atoms with Gasteiger partial charge in [-0.1, -0.05) is 60.7 Å². The van der Waals surface area contributed by atoms with E-state index in [0.717, 1.165) is 11.1 Å². The highest BCUT2D eigenvalue weighted by molar-refractivity contribution is 5.81. The van der Waals surface area contributed by atoms with Gasteiger partial charge >= 0.3 is 5.97 Å². The summed E-state index contributed by atoms with van der Waals surface area (Å²) < 4.78 is 5.25. The van der Waals surface area contributed by atoms with Crippen LogP contribution >= 0.6 is 0 Å². The third-order valence-electron chi connectivity index (χ3n) is 3.45. The minimum Gasteiger partial charge on any atom is -0.465 e. The molecule has 0 spiro atoms. The van der Waals surface area contributed by atoms with E-state index in [2.05, 4.69) is 12.1 Å². The molecular formula is C16H14O2. The first kappa shape index (κ1) is 11.0. The number of hydrogen-bond acceptors (Lipinski definition) is 2. The van der Waals surface area contributed by atoms with E-state index in [-0.39, 0.29) is 17.8 Å². The zero-order valence-electron chi connectivity index (χ0n) is 9.95. The molecule has 0 amide bonds. The summed E-state index contributed by atoms with van der Waals surface area (Å²) in [4.78, 5) is 11.9. The zero-order valence-corrected chi connectivity index (χ0v) is 9.95. The number of hydrogen-bond donors (Lipinski definition) is 0. The van der Waals surface area contributed by atoms with Crippen molar-refractivity contribution in [1.82, 2.24) is 0 Å². The highest BCUT2D eigenvalue weighted by Gasteiger charge is 2.38. The SMILES string of the molecule is O=C1OCC(c2ccccc2)C1c1ccccc1. The fourth-order valence-electron chi connectivity index (χ4n) is 2.54. The van der Waals surface area contributed by atoms with E-state index in [4.69, 9.17) is 4.74 Å². The normalized spacial score (nSPS) is 22.8. The van der Waals surface area contributed by atoms with Crippen LogP contribution in [0.25, 0.3) is 0 Å². The summed E-state index contributed by atoms with van der Waals surface area (Å²) in [5.41, 5.74) is 2.20. The number of carbonyl (C=O) groups excluding carboxylic acids is 1. The molecule has 2 heteroatoms. The third kappa shape index (κ3) is 1.90. The highest BCUT2D eigenvalue weighted by Crippen LogP contribution is 2.38. The minimum atomic E-state index is -0.173. The molecule has 2 nitrogen and oxygen atoms in total. The van der Waals surface area contributed by atoms with Gasteiger partial charge < -0.3 is 4.74 Å². The first-order valence-electron chi connectivity index (χ1n) is 6.13. The molecule has 0 N–H and O–H groups in total. The molecule has 0 aromatic heterocycles. The molecule has 1 fully saturated rings. The average Bonchev–Trinajstić information content (AvgIpc) is 2.83. The van der Waals surface area contributed by atoms with Crippen LogP contribution in [0.5, 0.6) is 0 Å². The lowest BCUT2D eigenvalue weighted by Crippen LogP contribution is -2.12. The Labute approximate surface area is 106 Å². The van der Waals surface area contributed by atoms with Gasteiger partial charge in [0.15, 0.2) is 0 Å². The number of rotatable bonds is 2. The van der Waals surface area contributed by atoms with E-state index in [1.165, 1.54) is 0 Å². The molecule has 2 aromatic carbocycles. The largest absolute Gasteiger partial charge is 0.465 e. The Bertz CT molecular complexity index is 534. The van der Waals surface area contributed by atoms with Crippen molar-refractivity contribution in [2.75, 3.05) is 6.61 Å². The quantitative estimate of drug-likeness (QED) is 0.751. The van der Waals surface area contributed by atoms with Crippen LogP contribution in [0.1, 0.15) is 23.0 Å². The number of esters is 1. The maximum atomic E-state index is 11.9. The summed E-state index contributed by atoms with van der Waals surface area (Å²) in [7, 11) is 0. The van der Waals surface area contributed by atoms with Crippen LogP contribution in [0.4, 0.5) is 0 Å². The van der Waals surface area contributed by atoms with Gasteiger partial charge in [-0.25, -0.2) is 0 Å². The van der Waals surface area contributed by atoms with Crippen LogP contribution in [-0.2, 0) is 9.53 Å². The summed E-state index contributed by atoms with van der Waals surface area (Å²) in [5, 5.41) is 0. The van der Waals surface area contributed by atoms with Gasteiger partial charge in [-0.3, -0.25) is 4.79 Å². The number of benzene rings is 2. The van der Waals surface area contributed by atoms with Gasteiger partial charge in [-0.2, -0.15) is 0 Å². The van der Waals surface area contributed by atoms with Crippen LogP contribution in [0, 0.1) is 0 Å². The molecular weight excluding hydrogens is 224 g/mol. The van der Waals surface area contributed by atoms with E-state index in [0.29, 0.717) is 6.61 Å². The third-order valence-corrected chi connectivity index (χ3v) is 3.45. The van der Waals surface area contributed by atoms with Gasteiger partial charge in [0.1, 0.15) is 0 Å². The van der Waals surface area contributed by atoms with Crippen LogP contribution < -0.4 is 0 Å². The molecule has 0 aliphatic carbocycles. The van der Waals surface area contributed by atoms with Crippen molar-refractivity contribution in [3.8, 4) is 0 Å². The predicted octanol–water partition coefficient (Wildman–Crippen LogP) is 3.11. The first-order valence-corrected chi connectivity index (χ1v) is 6.13. The lowest BCUT2D eigenvalue weighted by atomic mass is 9.84. The maximum Gasteiger partial charge on any atom is 0.314 e. The van der Waals surface area contributed by atoms with Crippen molar-refractivity contribution in [2.24, 2.45) is 0 Å². The average molecular weight is 238 g/mol. The Morgan fingerprint density at radius 3 is 2.00 bits per heavy atom. The fraction of sp³-hybridized carbons (Fsp3) is 0.188. The van der Waals surface area contributed by atoms with Gasteiger partial charge in [0.05, 0.1) is 12.5 Å². The van der Waals surface area contributed by atoms with Crippen molar-refractivity contribution in [3.05, 3.63) is 71.8 Å². The zero-order chi connectivity index (χ0) is 12.4. The molecule has 0 bridgehead atoms. The van der Waals surface area contributed by atoms with E-state index >= 15 is 0 Å². The summed E-state index contributed by atoms with van der Waals surface area (Å²) in [6.45, 7) is 0.475. The molecule has 0 radical (unpaired) electrons. The molecule has 90 valence electrons. The Hall–Kier alpha value is -2.09. The van der Waals surface area contributed by atoms with Crippen LogP contribution in [0.15, 0.2) is 60.7 Å². The second-order valence-electron chi connectivity index (χ2n) is 4.54. The van der Waals surface area contributed by atoms with E-state index < -0.39 is 0 Å².